The van der Waals surface area contributed by atoms with Gasteiger partial charge in [-0.2, -0.15) is 0 Å². The van der Waals surface area contributed by atoms with Crippen molar-refractivity contribution < 1.29 is 19.4 Å². The zero-order chi connectivity index (χ0) is 8.85. The third-order valence-electron chi connectivity index (χ3n) is 0.958. The third kappa shape index (κ3) is 4.32. The van der Waals surface area contributed by atoms with Crippen LogP contribution in [0.25, 0.3) is 0 Å². The molecule has 0 rings (SSSR count). The van der Waals surface area contributed by atoms with Crippen molar-refractivity contribution in [2.24, 2.45) is 0 Å². The third-order valence-corrected chi connectivity index (χ3v) is 4.64. The summed E-state index contributed by atoms with van der Waals surface area (Å²) >= 11 is 2.60. The van der Waals surface area contributed by atoms with Gasteiger partial charge in [-0.1, -0.05) is 0 Å². The topological polar surface area (TPSA) is 63.6 Å². The first-order chi connectivity index (χ1) is 5.11. The summed E-state index contributed by atoms with van der Waals surface area (Å²) in [7, 11) is 1.25. The Morgan fingerprint density at radius 2 is 2.27 bits per heavy atom. The van der Waals surface area contributed by atoms with Gasteiger partial charge in [0.15, 0.2) is 0 Å². The molecule has 0 saturated heterocycles. The van der Waals surface area contributed by atoms with E-state index in [1.807, 2.05) is 0 Å². The number of hydrogen-bond acceptors (Lipinski definition) is 4. The van der Waals surface area contributed by atoms with Gasteiger partial charge in [-0.3, -0.25) is 0 Å². The second-order valence-electron chi connectivity index (χ2n) is 1.71. The Morgan fingerprint density at radius 3 is 2.55 bits per heavy atom. The fourth-order valence-electron chi connectivity index (χ4n) is 0.387. The quantitative estimate of drug-likeness (QED) is 0.536. The number of methoxy groups -OCH3 is 1. The standard InChI is InChI=1S/C5H9AsO4S/c1-10-5(9)6-3(2-11)4(7)8/h3,6,11H,2H2,1H3,(H,7,8). The number of ether oxygens (including phenoxy) is 1. The zero-order valence-corrected chi connectivity index (χ0v) is 8.90. The van der Waals surface area contributed by atoms with Crippen LogP contribution in [0.2, 0.25) is 4.71 Å². The van der Waals surface area contributed by atoms with Crippen LogP contribution in [0.15, 0.2) is 0 Å². The Morgan fingerprint density at radius 1 is 1.73 bits per heavy atom. The van der Waals surface area contributed by atoms with Gasteiger partial charge < -0.3 is 0 Å². The van der Waals surface area contributed by atoms with Gasteiger partial charge in [0.05, 0.1) is 0 Å². The molecule has 0 aromatic heterocycles. The van der Waals surface area contributed by atoms with Gasteiger partial charge >= 0.3 is 76.1 Å². The number of carbonyl (C=O) groups is 2. The molecule has 0 spiro atoms. The van der Waals surface area contributed by atoms with Gasteiger partial charge in [0, 0.05) is 0 Å². The van der Waals surface area contributed by atoms with Crippen molar-refractivity contribution in [1.82, 2.24) is 0 Å². The fraction of sp³-hybridized carbons (Fsp3) is 0.600. The summed E-state index contributed by atoms with van der Waals surface area (Å²) in [4.78, 5) is 21.0. The van der Waals surface area contributed by atoms with Gasteiger partial charge in [0.25, 0.3) is 0 Å². The Hall–Kier alpha value is -0.152. The average molecular weight is 240 g/mol. The number of hydrogen-bond donors (Lipinski definition) is 2. The molecule has 0 fully saturated rings. The van der Waals surface area contributed by atoms with Crippen LogP contribution in [0.4, 0.5) is 4.79 Å². The van der Waals surface area contributed by atoms with Crippen LogP contribution in [0.1, 0.15) is 0 Å². The van der Waals surface area contributed by atoms with E-state index in [2.05, 4.69) is 17.4 Å². The molecule has 0 aliphatic carbocycles. The summed E-state index contributed by atoms with van der Waals surface area (Å²) in [6, 6.07) is 0. The molecular formula is C5H9AsO4S. The first-order valence-electron chi connectivity index (χ1n) is 2.80. The predicted molar refractivity (Wildman–Crippen MR) is 44.8 cm³/mol. The number of thiol groups is 1. The molecule has 64 valence electrons. The monoisotopic (exact) mass is 240 g/mol. The van der Waals surface area contributed by atoms with Crippen LogP contribution in [-0.2, 0) is 9.53 Å². The molecule has 0 bridgehead atoms. The second kappa shape index (κ2) is 5.49. The predicted octanol–water partition coefficient (Wildman–Crippen LogP) is -0.00780. The van der Waals surface area contributed by atoms with Crippen molar-refractivity contribution in [3.05, 3.63) is 0 Å². The van der Waals surface area contributed by atoms with E-state index in [0.717, 1.165) is 0 Å². The molecule has 0 saturated carbocycles. The number of carboxylic acids is 1. The summed E-state index contributed by atoms with van der Waals surface area (Å²) in [6.07, 6.45) is 0. The summed E-state index contributed by atoms with van der Waals surface area (Å²) in [5, 5.41) is 8.49. The van der Waals surface area contributed by atoms with Crippen molar-refractivity contribution in [3.63, 3.8) is 0 Å². The Bertz CT molecular complexity index is 161. The van der Waals surface area contributed by atoms with E-state index in [1.54, 1.807) is 0 Å². The van der Waals surface area contributed by atoms with Gasteiger partial charge in [0.1, 0.15) is 0 Å². The van der Waals surface area contributed by atoms with Crippen LogP contribution in [-0.4, -0.2) is 44.4 Å². The maximum atomic E-state index is 10.6. The molecule has 1 N–H and O–H groups in total. The van der Waals surface area contributed by atoms with Crippen molar-refractivity contribution in [2.45, 2.75) is 4.71 Å². The van der Waals surface area contributed by atoms with E-state index in [4.69, 9.17) is 5.11 Å². The van der Waals surface area contributed by atoms with Crippen molar-refractivity contribution in [3.8, 4) is 0 Å². The second-order valence-corrected chi connectivity index (χ2v) is 5.00. The van der Waals surface area contributed by atoms with Crippen molar-refractivity contribution in [1.29, 1.82) is 0 Å². The van der Waals surface area contributed by atoms with E-state index >= 15 is 0 Å². The van der Waals surface area contributed by atoms with E-state index in [1.165, 1.54) is 7.11 Å². The van der Waals surface area contributed by atoms with Crippen LogP contribution < -0.4 is 0 Å². The summed E-state index contributed by atoms with van der Waals surface area (Å²) < 4.78 is 3.34. The first-order valence-corrected chi connectivity index (χ1v) is 5.69. The Balaban J connectivity index is 3.88. The van der Waals surface area contributed by atoms with E-state index in [9.17, 15) is 9.59 Å². The minimum absolute atomic E-state index is 0.199. The van der Waals surface area contributed by atoms with Gasteiger partial charge in [-0.15, -0.1) is 0 Å². The molecule has 0 aliphatic heterocycles. The molecule has 0 heterocycles. The number of rotatable bonds is 4. The van der Waals surface area contributed by atoms with Crippen molar-refractivity contribution >= 4 is 39.1 Å². The molecular weight excluding hydrogens is 231 g/mol. The molecule has 2 atom stereocenters. The average Bonchev–Trinajstić information content (AvgIpc) is 1.99. The van der Waals surface area contributed by atoms with Crippen LogP contribution in [0, 0.1) is 0 Å². The van der Waals surface area contributed by atoms with Gasteiger partial charge in [-0.05, 0) is 0 Å². The van der Waals surface area contributed by atoms with Gasteiger partial charge in [0.2, 0.25) is 0 Å². The summed E-state index contributed by atoms with van der Waals surface area (Å²) in [5.74, 6) is -0.768. The number of carboxylic acid groups (broad SMARTS) is 1. The zero-order valence-electron chi connectivity index (χ0n) is 5.90. The molecule has 6 heteroatoms. The van der Waals surface area contributed by atoms with E-state index in [0.29, 0.717) is 0 Å². The molecule has 0 radical (unpaired) electrons. The molecule has 0 aliphatic rings. The van der Waals surface area contributed by atoms with Crippen LogP contribution >= 0.6 is 12.6 Å². The Kier molecular flexibility index (Phi) is 5.42. The van der Waals surface area contributed by atoms with Gasteiger partial charge in [-0.25, -0.2) is 0 Å². The first kappa shape index (κ1) is 10.8. The summed E-state index contributed by atoms with van der Waals surface area (Å²) in [5.41, 5.74) is 0. The fourth-order valence-corrected chi connectivity index (χ4v) is 2.31. The number of aliphatic carboxylic acids is 1. The Labute approximate surface area is 76.4 Å². The molecule has 2 unspecified atom stereocenters. The molecule has 11 heavy (non-hydrogen) atoms. The van der Waals surface area contributed by atoms with Crippen LogP contribution in [0.3, 0.4) is 0 Å². The molecule has 4 nitrogen and oxygen atoms in total. The van der Waals surface area contributed by atoms with E-state index in [-0.39, 0.29) is 5.75 Å². The van der Waals surface area contributed by atoms with Crippen LogP contribution in [0.5, 0.6) is 0 Å². The van der Waals surface area contributed by atoms with Crippen molar-refractivity contribution in [2.75, 3.05) is 12.9 Å². The number of carbonyl (C=O) groups excluding carboxylic acids is 1. The molecule has 0 aromatic rings. The molecule has 0 amide bonds. The minimum atomic E-state index is -1.21. The maximum absolute atomic E-state index is 10.6. The summed E-state index contributed by atoms with van der Waals surface area (Å²) in [6.45, 7) is 0. The van der Waals surface area contributed by atoms with E-state index < -0.39 is 31.2 Å². The normalized spacial score (nSPS) is 13.3. The molecule has 0 aromatic carbocycles. The SMILES string of the molecule is COC(=O)[AsH]C(CS)C(=O)O.